The van der Waals surface area contributed by atoms with Crippen molar-refractivity contribution in [2.45, 2.75) is 31.6 Å². The van der Waals surface area contributed by atoms with Crippen molar-refractivity contribution in [1.29, 1.82) is 0 Å². The van der Waals surface area contributed by atoms with Gasteiger partial charge in [-0.25, -0.2) is 0 Å². The lowest BCUT2D eigenvalue weighted by Gasteiger charge is -2.22. The third kappa shape index (κ3) is 5.53. The number of ketones is 1. The molecule has 5 nitrogen and oxygen atoms in total. The molecule has 1 aromatic heterocycles. The number of hydrogen-bond donors (Lipinski definition) is 1. The summed E-state index contributed by atoms with van der Waals surface area (Å²) in [6.07, 6.45) is 3.91. The lowest BCUT2D eigenvalue weighted by Crippen LogP contribution is -2.16. The van der Waals surface area contributed by atoms with Gasteiger partial charge >= 0.3 is 0 Å². The Kier molecular flexibility index (Phi) is 7.99. The van der Waals surface area contributed by atoms with Gasteiger partial charge < -0.3 is 15.2 Å². The van der Waals surface area contributed by atoms with E-state index in [1.807, 2.05) is 37.3 Å². The molecule has 0 aliphatic carbocycles. The van der Waals surface area contributed by atoms with Crippen LogP contribution >= 0.6 is 23.2 Å². The smallest absolute Gasteiger partial charge is 0.160 e. The van der Waals surface area contributed by atoms with Gasteiger partial charge in [-0.05, 0) is 53.3 Å². The molecule has 32 heavy (non-hydrogen) atoms. The normalized spacial score (nSPS) is 12.8. The van der Waals surface area contributed by atoms with Crippen LogP contribution in [-0.2, 0) is 11.2 Å². The standard InChI is InChI=1S/C25H26Cl2N2O3/c1-15(16-4-7-19(28)8-5-16)23(30)11-18(10-20-21(26)13-29-14-22(20)27)17-6-9-24(31-2)25(12-17)32-3/h4-9,12-15,18H,10-11,28H2,1-3H3. The highest BCUT2D eigenvalue weighted by Gasteiger charge is 2.24. The molecule has 0 saturated carbocycles. The van der Waals surface area contributed by atoms with Crippen LogP contribution < -0.4 is 15.2 Å². The van der Waals surface area contributed by atoms with Gasteiger partial charge in [0.05, 0.1) is 24.3 Å². The number of anilines is 1. The van der Waals surface area contributed by atoms with Crippen LogP contribution in [0.15, 0.2) is 54.9 Å². The Balaban J connectivity index is 1.94. The highest BCUT2D eigenvalue weighted by Crippen LogP contribution is 2.37. The number of rotatable bonds is 9. The minimum Gasteiger partial charge on any atom is -0.493 e. The lowest BCUT2D eigenvalue weighted by molar-refractivity contribution is -0.120. The van der Waals surface area contributed by atoms with Gasteiger partial charge in [-0.2, -0.15) is 0 Å². The number of aromatic nitrogens is 1. The molecule has 3 aromatic rings. The van der Waals surface area contributed by atoms with Crippen LogP contribution in [0.3, 0.4) is 0 Å². The van der Waals surface area contributed by atoms with Crippen LogP contribution in [0.2, 0.25) is 10.0 Å². The second-order valence-electron chi connectivity index (χ2n) is 7.66. The molecule has 0 saturated heterocycles. The number of Topliss-reactive ketones (excluding diaryl/α,β-unsaturated/α-hetero) is 1. The van der Waals surface area contributed by atoms with Crippen LogP contribution in [0, 0.1) is 0 Å². The van der Waals surface area contributed by atoms with Crippen molar-refractivity contribution in [3.8, 4) is 11.5 Å². The molecule has 0 fully saturated rings. The number of methoxy groups -OCH3 is 2. The average molecular weight is 473 g/mol. The first-order valence-corrected chi connectivity index (χ1v) is 11.0. The summed E-state index contributed by atoms with van der Waals surface area (Å²) < 4.78 is 10.8. The van der Waals surface area contributed by atoms with Gasteiger partial charge in [0, 0.05) is 30.4 Å². The largest absolute Gasteiger partial charge is 0.493 e. The SMILES string of the molecule is COc1ccc(C(CC(=O)C(C)c2ccc(N)cc2)Cc2c(Cl)cncc2Cl)cc1OC. The number of carbonyl (C=O) groups is 1. The molecule has 2 aromatic carbocycles. The zero-order valence-electron chi connectivity index (χ0n) is 18.3. The number of pyridine rings is 1. The van der Waals surface area contributed by atoms with Gasteiger partial charge in [0.25, 0.3) is 0 Å². The Labute approximate surface area is 198 Å². The highest BCUT2D eigenvalue weighted by atomic mass is 35.5. The summed E-state index contributed by atoms with van der Waals surface area (Å²) in [6, 6.07) is 13.1. The predicted octanol–water partition coefficient (Wildman–Crippen LogP) is 6.08. The summed E-state index contributed by atoms with van der Waals surface area (Å²) in [4.78, 5) is 17.3. The highest BCUT2D eigenvalue weighted by molar-refractivity contribution is 6.35. The molecule has 0 spiro atoms. The van der Waals surface area contributed by atoms with E-state index >= 15 is 0 Å². The van der Waals surface area contributed by atoms with Crippen LogP contribution in [0.4, 0.5) is 5.69 Å². The van der Waals surface area contributed by atoms with Crippen molar-refractivity contribution in [1.82, 2.24) is 4.98 Å². The number of benzene rings is 2. The first-order valence-electron chi connectivity index (χ1n) is 10.2. The van der Waals surface area contributed by atoms with Crippen molar-refractivity contribution >= 4 is 34.7 Å². The van der Waals surface area contributed by atoms with E-state index in [9.17, 15) is 4.79 Å². The van der Waals surface area contributed by atoms with E-state index in [4.69, 9.17) is 38.4 Å². The lowest BCUT2D eigenvalue weighted by atomic mass is 9.83. The molecule has 0 radical (unpaired) electrons. The number of hydrogen-bond acceptors (Lipinski definition) is 5. The van der Waals surface area contributed by atoms with E-state index in [2.05, 4.69) is 4.98 Å². The minimum atomic E-state index is -0.276. The summed E-state index contributed by atoms with van der Waals surface area (Å²) in [6.45, 7) is 1.91. The van der Waals surface area contributed by atoms with Crippen LogP contribution in [0.1, 0.15) is 41.9 Å². The Morgan fingerprint density at radius 3 is 2.16 bits per heavy atom. The molecule has 168 valence electrons. The Bertz CT molecular complexity index is 1070. The van der Waals surface area contributed by atoms with E-state index in [1.54, 1.807) is 38.7 Å². The van der Waals surface area contributed by atoms with Crippen LogP contribution in [0.5, 0.6) is 11.5 Å². The fourth-order valence-electron chi connectivity index (χ4n) is 3.68. The third-order valence-corrected chi connectivity index (χ3v) is 6.30. The Hall–Kier alpha value is -2.76. The molecule has 7 heteroatoms. The van der Waals surface area contributed by atoms with Gasteiger partial charge in [0.15, 0.2) is 11.5 Å². The molecule has 0 aliphatic rings. The molecule has 2 atom stereocenters. The first kappa shape index (κ1) is 23.9. The zero-order valence-corrected chi connectivity index (χ0v) is 19.8. The van der Waals surface area contributed by atoms with Gasteiger partial charge in [-0.15, -0.1) is 0 Å². The molecule has 0 aliphatic heterocycles. The summed E-state index contributed by atoms with van der Waals surface area (Å²) in [5, 5.41) is 0.948. The number of nitrogens with zero attached hydrogens (tertiary/aromatic N) is 1. The van der Waals surface area contributed by atoms with Gasteiger partial charge in [-0.1, -0.05) is 48.3 Å². The topological polar surface area (TPSA) is 74.4 Å². The Morgan fingerprint density at radius 1 is 0.969 bits per heavy atom. The second-order valence-corrected chi connectivity index (χ2v) is 8.47. The van der Waals surface area contributed by atoms with E-state index in [1.165, 1.54) is 0 Å². The number of nitrogens with two attached hydrogens (primary N) is 1. The van der Waals surface area contributed by atoms with E-state index in [0.29, 0.717) is 40.1 Å². The van der Waals surface area contributed by atoms with Gasteiger partial charge in [-0.3, -0.25) is 9.78 Å². The fourth-order valence-corrected chi connectivity index (χ4v) is 4.20. The van der Waals surface area contributed by atoms with Gasteiger partial charge in [0.1, 0.15) is 5.78 Å². The minimum absolute atomic E-state index is 0.107. The fraction of sp³-hybridized carbons (Fsp3) is 0.280. The third-order valence-electron chi connectivity index (χ3n) is 5.65. The van der Waals surface area contributed by atoms with E-state index in [-0.39, 0.29) is 17.6 Å². The van der Waals surface area contributed by atoms with E-state index < -0.39 is 0 Å². The summed E-state index contributed by atoms with van der Waals surface area (Å²) in [5.74, 6) is 0.880. The molecule has 0 amide bonds. The first-order chi connectivity index (χ1) is 15.3. The molecule has 2 N–H and O–H groups in total. The molecule has 1 heterocycles. The predicted molar refractivity (Wildman–Crippen MR) is 129 cm³/mol. The second kappa shape index (κ2) is 10.7. The number of ether oxygens (including phenoxy) is 2. The molecule has 3 rings (SSSR count). The maximum atomic E-state index is 13.3. The molecule has 0 bridgehead atoms. The summed E-state index contributed by atoms with van der Waals surface area (Å²) >= 11 is 12.8. The Morgan fingerprint density at radius 2 is 1.56 bits per heavy atom. The maximum absolute atomic E-state index is 13.3. The zero-order chi connectivity index (χ0) is 23.3. The summed E-state index contributed by atoms with van der Waals surface area (Å²) in [7, 11) is 3.17. The van der Waals surface area contributed by atoms with Crippen LogP contribution in [-0.4, -0.2) is 25.0 Å². The van der Waals surface area contributed by atoms with Gasteiger partial charge in [0.2, 0.25) is 0 Å². The van der Waals surface area contributed by atoms with Crippen molar-refractivity contribution in [3.05, 3.63) is 81.6 Å². The van der Waals surface area contributed by atoms with Crippen molar-refractivity contribution in [3.63, 3.8) is 0 Å². The summed E-state index contributed by atoms with van der Waals surface area (Å²) in [5.41, 5.74) is 9.07. The van der Waals surface area contributed by atoms with Crippen LogP contribution in [0.25, 0.3) is 0 Å². The van der Waals surface area contributed by atoms with Crippen molar-refractivity contribution in [2.75, 3.05) is 20.0 Å². The van der Waals surface area contributed by atoms with Crippen molar-refractivity contribution < 1.29 is 14.3 Å². The van der Waals surface area contributed by atoms with Crippen molar-refractivity contribution in [2.24, 2.45) is 0 Å². The molecular formula is C25H26Cl2N2O3. The molecule has 2 unspecified atom stereocenters. The quantitative estimate of drug-likeness (QED) is 0.382. The number of carbonyl (C=O) groups excluding carboxylic acids is 1. The van der Waals surface area contributed by atoms with E-state index in [0.717, 1.165) is 16.7 Å². The number of halogens is 2. The number of nitrogen functional groups attached to an aromatic ring is 1. The average Bonchev–Trinajstić information content (AvgIpc) is 2.80. The molecular weight excluding hydrogens is 447 g/mol. The maximum Gasteiger partial charge on any atom is 0.160 e. The monoisotopic (exact) mass is 472 g/mol.